The van der Waals surface area contributed by atoms with Crippen LogP contribution in [-0.2, 0) is 0 Å². The van der Waals surface area contributed by atoms with E-state index in [-0.39, 0.29) is 17.0 Å². The maximum Gasteiger partial charge on any atom is 0.269 e. The molecule has 3 aromatic carbocycles. The van der Waals surface area contributed by atoms with Crippen molar-refractivity contribution in [2.75, 3.05) is 0 Å². The number of nitrogens with zero attached hydrogens (tertiary/aromatic N) is 3. The van der Waals surface area contributed by atoms with Crippen LogP contribution in [0.15, 0.2) is 77.6 Å². The van der Waals surface area contributed by atoms with Gasteiger partial charge in [0.2, 0.25) is 0 Å². The van der Waals surface area contributed by atoms with Crippen molar-refractivity contribution in [2.24, 2.45) is 0 Å². The highest BCUT2D eigenvalue weighted by atomic mass is 16.6. The van der Waals surface area contributed by atoms with E-state index in [9.17, 15) is 20.0 Å². The quantitative estimate of drug-likeness (QED) is 0.420. The van der Waals surface area contributed by atoms with Gasteiger partial charge in [-0.05, 0) is 60.2 Å². The minimum atomic E-state index is -0.457. The Balaban J connectivity index is 1.86. The maximum atomic E-state index is 13.1. The summed E-state index contributed by atoms with van der Waals surface area (Å²) in [6.07, 6.45) is 3.42. The number of phenols is 1. The Morgan fingerprint density at radius 2 is 1.62 bits per heavy atom. The summed E-state index contributed by atoms with van der Waals surface area (Å²) in [7, 11) is 0. The molecule has 0 saturated heterocycles. The van der Waals surface area contributed by atoms with Crippen LogP contribution in [0.2, 0.25) is 0 Å². The summed E-state index contributed by atoms with van der Waals surface area (Å²) < 4.78 is 1.46. The van der Waals surface area contributed by atoms with Crippen molar-refractivity contribution in [1.82, 2.24) is 9.55 Å². The number of nitro groups is 1. The highest BCUT2D eigenvalue weighted by molar-refractivity contribution is 5.80. The molecule has 7 heteroatoms. The van der Waals surface area contributed by atoms with Gasteiger partial charge in [-0.25, -0.2) is 4.98 Å². The van der Waals surface area contributed by atoms with E-state index in [2.05, 4.69) is 4.98 Å². The van der Waals surface area contributed by atoms with Gasteiger partial charge in [0.05, 0.1) is 21.5 Å². The number of hydrogen-bond acceptors (Lipinski definition) is 5. The van der Waals surface area contributed by atoms with Gasteiger partial charge in [0.15, 0.2) is 0 Å². The number of non-ortho nitro benzene ring substituents is 1. The van der Waals surface area contributed by atoms with Gasteiger partial charge < -0.3 is 5.11 Å². The summed E-state index contributed by atoms with van der Waals surface area (Å²) in [5.74, 6) is 0.497. The SMILES string of the molecule is O=c1c2ccccc2nc(/C=C\c2ccc([N+](=O)[O-])cc2)n1-c1ccc(O)cc1. The van der Waals surface area contributed by atoms with Gasteiger partial charge in [-0.2, -0.15) is 0 Å². The molecule has 0 unspecified atom stereocenters. The number of nitro benzene ring substituents is 1. The molecule has 1 N–H and O–H groups in total. The molecular formula is C22H15N3O4. The van der Waals surface area contributed by atoms with Crippen LogP contribution in [0.5, 0.6) is 5.75 Å². The van der Waals surface area contributed by atoms with E-state index in [1.165, 1.54) is 28.8 Å². The molecule has 0 aliphatic rings. The standard InChI is InChI=1S/C22H15N3O4/c26-18-12-10-16(11-13-18)24-21(23-20-4-2-1-3-19(20)22(24)27)14-7-15-5-8-17(9-6-15)25(28)29/h1-14,26H/b14-7-. The lowest BCUT2D eigenvalue weighted by Crippen LogP contribution is -2.22. The van der Waals surface area contributed by atoms with Crippen molar-refractivity contribution >= 4 is 28.7 Å². The summed E-state index contributed by atoms with van der Waals surface area (Å²) in [5, 5.41) is 20.8. The summed E-state index contributed by atoms with van der Waals surface area (Å²) >= 11 is 0. The summed E-state index contributed by atoms with van der Waals surface area (Å²) in [6.45, 7) is 0. The largest absolute Gasteiger partial charge is 0.508 e. The Hall–Kier alpha value is -4.26. The van der Waals surface area contributed by atoms with Crippen LogP contribution < -0.4 is 5.56 Å². The molecule has 0 atom stereocenters. The molecule has 29 heavy (non-hydrogen) atoms. The fourth-order valence-electron chi connectivity index (χ4n) is 2.99. The number of rotatable bonds is 4. The number of para-hydroxylation sites is 1. The molecule has 0 fully saturated rings. The van der Waals surface area contributed by atoms with E-state index in [0.717, 1.165) is 5.56 Å². The molecule has 0 saturated carbocycles. The molecule has 1 heterocycles. The Labute approximate surface area is 165 Å². The number of benzene rings is 3. The molecule has 0 spiro atoms. The monoisotopic (exact) mass is 385 g/mol. The second kappa shape index (κ2) is 7.40. The first kappa shape index (κ1) is 18.1. The molecule has 0 aliphatic heterocycles. The van der Waals surface area contributed by atoms with Crippen molar-refractivity contribution < 1.29 is 10.0 Å². The third-order valence-corrected chi connectivity index (χ3v) is 4.44. The van der Waals surface area contributed by atoms with Crippen molar-refractivity contribution in [3.8, 4) is 11.4 Å². The van der Waals surface area contributed by atoms with Crippen molar-refractivity contribution in [2.45, 2.75) is 0 Å². The highest BCUT2D eigenvalue weighted by Gasteiger charge is 2.11. The van der Waals surface area contributed by atoms with Crippen molar-refractivity contribution in [3.63, 3.8) is 0 Å². The van der Waals surface area contributed by atoms with Crippen LogP contribution in [0, 0.1) is 10.1 Å². The van der Waals surface area contributed by atoms with Gasteiger partial charge >= 0.3 is 0 Å². The minimum Gasteiger partial charge on any atom is -0.508 e. The molecule has 142 valence electrons. The van der Waals surface area contributed by atoms with E-state index in [1.807, 2.05) is 6.07 Å². The van der Waals surface area contributed by atoms with Gasteiger partial charge in [0, 0.05) is 12.1 Å². The maximum absolute atomic E-state index is 13.1. The molecule has 0 bridgehead atoms. The Bertz CT molecular complexity index is 1290. The van der Waals surface area contributed by atoms with E-state index in [4.69, 9.17) is 0 Å². The normalized spacial score (nSPS) is 11.2. The van der Waals surface area contributed by atoms with E-state index < -0.39 is 4.92 Å². The predicted molar refractivity (Wildman–Crippen MR) is 111 cm³/mol. The zero-order valence-electron chi connectivity index (χ0n) is 15.1. The van der Waals surface area contributed by atoms with Crippen LogP contribution in [0.4, 0.5) is 5.69 Å². The Morgan fingerprint density at radius 3 is 2.31 bits per heavy atom. The van der Waals surface area contributed by atoms with Crippen LogP contribution in [0.1, 0.15) is 11.4 Å². The smallest absolute Gasteiger partial charge is 0.269 e. The molecule has 4 rings (SSSR count). The van der Waals surface area contributed by atoms with E-state index in [1.54, 1.807) is 54.6 Å². The lowest BCUT2D eigenvalue weighted by atomic mass is 10.2. The molecule has 4 aromatic rings. The number of fused-ring (bicyclic) bond motifs is 1. The van der Waals surface area contributed by atoms with Gasteiger partial charge in [-0.3, -0.25) is 19.5 Å². The number of aromatic hydroxyl groups is 1. The number of aromatic nitrogens is 2. The first-order chi connectivity index (χ1) is 14.0. The zero-order chi connectivity index (χ0) is 20.4. The first-order valence-electron chi connectivity index (χ1n) is 8.77. The Kier molecular flexibility index (Phi) is 4.62. The fourth-order valence-corrected chi connectivity index (χ4v) is 2.99. The van der Waals surface area contributed by atoms with Crippen molar-refractivity contribution in [1.29, 1.82) is 0 Å². The highest BCUT2D eigenvalue weighted by Crippen LogP contribution is 2.18. The average molecular weight is 385 g/mol. The lowest BCUT2D eigenvalue weighted by molar-refractivity contribution is -0.384. The molecule has 7 nitrogen and oxygen atoms in total. The Morgan fingerprint density at radius 1 is 0.931 bits per heavy atom. The second-order valence-electron chi connectivity index (χ2n) is 6.33. The van der Waals surface area contributed by atoms with E-state index in [0.29, 0.717) is 22.4 Å². The number of phenolic OH excluding ortho intramolecular Hbond substituents is 1. The third-order valence-electron chi connectivity index (χ3n) is 4.44. The van der Waals surface area contributed by atoms with E-state index >= 15 is 0 Å². The van der Waals surface area contributed by atoms with Gasteiger partial charge in [0.25, 0.3) is 11.2 Å². The molecule has 0 aliphatic carbocycles. The summed E-state index contributed by atoms with van der Waals surface area (Å²) in [6, 6.07) is 19.4. The van der Waals surface area contributed by atoms with Crippen LogP contribution in [-0.4, -0.2) is 19.6 Å². The third kappa shape index (κ3) is 3.61. The minimum absolute atomic E-state index is 0.00646. The van der Waals surface area contributed by atoms with Crippen LogP contribution >= 0.6 is 0 Å². The molecular weight excluding hydrogens is 370 g/mol. The van der Waals surface area contributed by atoms with Crippen LogP contribution in [0.25, 0.3) is 28.7 Å². The van der Waals surface area contributed by atoms with Gasteiger partial charge in [-0.1, -0.05) is 18.2 Å². The van der Waals surface area contributed by atoms with Crippen molar-refractivity contribution in [3.05, 3.63) is 105 Å². The molecule has 0 radical (unpaired) electrons. The topological polar surface area (TPSA) is 98.3 Å². The number of hydrogen-bond donors (Lipinski definition) is 1. The molecule has 0 amide bonds. The zero-order valence-corrected chi connectivity index (χ0v) is 15.1. The van der Waals surface area contributed by atoms with Crippen LogP contribution in [0.3, 0.4) is 0 Å². The summed E-state index contributed by atoms with van der Waals surface area (Å²) in [4.78, 5) is 28.1. The first-order valence-corrected chi connectivity index (χ1v) is 8.77. The second-order valence-corrected chi connectivity index (χ2v) is 6.33. The van der Waals surface area contributed by atoms with Gasteiger partial charge in [-0.15, -0.1) is 0 Å². The molecule has 1 aromatic heterocycles. The fraction of sp³-hybridized carbons (Fsp3) is 0. The summed E-state index contributed by atoms with van der Waals surface area (Å²) in [5.41, 5.74) is 1.64. The average Bonchev–Trinajstić information content (AvgIpc) is 2.73. The lowest BCUT2D eigenvalue weighted by Gasteiger charge is -2.11. The van der Waals surface area contributed by atoms with Gasteiger partial charge in [0.1, 0.15) is 11.6 Å². The predicted octanol–water partition coefficient (Wildman–Crippen LogP) is 4.17.